The molecule has 0 spiro atoms. The SMILES string of the molecule is CCCc1nn(C)c2c1NCC1c3ccccc3CCN21. The molecule has 4 nitrogen and oxygen atoms in total. The summed E-state index contributed by atoms with van der Waals surface area (Å²) in [5.41, 5.74) is 5.45. The van der Waals surface area contributed by atoms with E-state index in [9.17, 15) is 0 Å². The van der Waals surface area contributed by atoms with Crippen molar-refractivity contribution in [3.8, 4) is 0 Å². The van der Waals surface area contributed by atoms with Crippen molar-refractivity contribution in [2.75, 3.05) is 23.3 Å². The molecule has 21 heavy (non-hydrogen) atoms. The molecular weight excluding hydrogens is 260 g/mol. The van der Waals surface area contributed by atoms with Gasteiger partial charge in [-0.3, -0.25) is 4.68 Å². The van der Waals surface area contributed by atoms with Gasteiger partial charge in [-0.1, -0.05) is 37.6 Å². The summed E-state index contributed by atoms with van der Waals surface area (Å²) in [7, 11) is 2.07. The summed E-state index contributed by atoms with van der Waals surface area (Å²) in [6, 6.07) is 9.30. The number of aryl methyl sites for hydroxylation is 2. The van der Waals surface area contributed by atoms with E-state index in [0.717, 1.165) is 32.4 Å². The van der Waals surface area contributed by atoms with Gasteiger partial charge >= 0.3 is 0 Å². The van der Waals surface area contributed by atoms with Gasteiger partial charge in [0.05, 0.1) is 11.7 Å². The number of hydrogen-bond donors (Lipinski definition) is 1. The summed E-state index contributed by atoms with van der Waals surface area (Å²) in [6.07, 6.45) is 3.31. The van der Waals surface area contributed by atoms with Crippen molar-refractivity contribution in [1.82, 2.24) is 9.78 Å². The van der Waals surface area contributed by atoms with Crippen molar-refractivity contribution in [1.29, 1.82) is 0 Å². The van der Waals surface area contributed by atoms with Crippen LogP contribution in [0.15, 0.2) is 24.3 Å². The van der Waals surface area contributed by atoms with Crippen LogP contribution in [-0.4, -0.2) is 22.9 Å². The van der Waals surface area contributed by atoms with Gasteiger partial charge in [-0.15, -0.1) is 0 Å². The van der Waals surface area contributed by atoms with E-state index in [1.165, 1.54) is 28.3 Å². The Morgan fingerprint density at radius 2 is 2.19 bits per heavy atom. The number of aromatic nitrogens is 2. The quantitative estimate of drug-likeness (QED) is 0.919. The molecule has 0 radical (unpaired) electrons. The molecule has 0 amide bonds. The maximum atomic E-state index is 4.74. The first-order chi connectivity index (χ1) is 10.3. The molecule has 0 saturated heterocycles. The Kier molecular flexibility index (Phi) is 2.91. The molecule has 0 fully saturated rings. The number of benzene rings is 1. The minimum Gasteiger partial charge on any atom is -0.378 e. The van der Waals surface area contributed by atoms with Crippen LogP contribution in [0.2, 0.25) is 0 Å². The third-order valence-corrected chi connectivity index (χ3v) is 4.73. The van der Waals surface area contributed by atoms with Gasteiger partial charge in [0.2, 0.25) is 0 Å². The monoisotopic (exact) mass is 282 g/mol. The number of anilines is 2. The lowest BCUT2D eigenvalue weighted by Crippen LogP contribution is -2.43. The lowest BCUT2D eigenvalue weighted by atomic mass is 9.91. The maximum Gasteiger partial charge on any atom is 0.151 e. The van der Waals surface area contributed by atoms with Gasteiger partial charge in [0, 0.05) is 20.1 Å². The third kappa shape index (κ3) is 1.85. The molecule has 0 bridgehead atoms. The zero-order valence-corrected chi connectivity index (χ0v) is 12.8. The summed E-state index contributed by atoms with van der Waals surface area (Å²) in [4.78, 5) is 2.54. The Balaban J connectivity index is 1.78. The van der Waals surface area contributed by atoms with Crippen molar-refractivity contribution in [3.05, 3.63) is 41.1 Å². The fraction of sp³-hybridized carbons (Fsp3) is 0.471. The molecule has 1 atom stereocenters. The summed E-state index contributed by atoms with van der Waals surface area (Å²) in [5.74, 6) is 1.27. The van der Waals surface area contributed by atoms with Gasteiger partial charge in [0.1, 0.15) is 5.69 Å². The van der Waals surface area contributed by atoms with E-state index in [2.05, 4.69) is 53.1 Å². The molecule has 0 aliphatic carbocycles. The smallest absolute Gasteiger partial charge is 0.151 e. The molecule has 110 valence electrons. The first-order valence-corrected chi connectivity index (χ1v) is 7.93. The van der Waals surface area contributed by atoms with Crippen LogP contribution in [0, 0.1) is 0 Å². The van der Waals surface area contributed by atoms with Crippen molar-refractivity contribution in [2.24, 2.45) is 7.05 Å². The fourth-order valence-electron chi connectivity index (χ4n) is 3.82. The van der Waals surface area contributed by atoms with E-state index >= 15 is 0 Å². The molecular formula is C17H22N4. The molecule has 0 saturated carbocycles. The fourth-order valence-corrected chi connectivity index (χ4v) is 3.82. The largest absolute Gasteiger partial charge is 0.378 e. The van der Waals surface area contributed by atoms with Gasteiger partial charge in [-0.05, 0) is 24.0 Å². The summed E-state index contributed by atoms with van der Waals surface area (Å²) in [5, 5.41) is 8.39. The third-order valence-electron chi connectivity index (χ3n) is 4.73. The highest BCUT2D eigenvalue weighted by Crippen LogP contribution is 2.42. The Morgan fingerprint density at radius 3 is 3.05 bits per heavy atom. The van der Waals surface area contributed by atoms with E-state index in [0.29, 0.717) is 6.04 Å². The van der Waals surface area contributed by atoms with Gasteiger partial charge in [-0.25, -0.2) is 0 Å². The molecule has 1 aromatic carbocycles. The summed E-state index contributed by atoms with van der Waals surface area (Å²) >= 11 is 0. The number of hydrogen-bond acceptors (Lipinski definition) is 3. The number of rotatable bonds is 2. The maximum absolute atomic E-state index is 4.74. The van der Waals surface area contributed by atoms with Gasteiger partial charge < -0.3 is 10.2 Å². The number of nitrogens with one attached hydrogen (secondary N) is 1. The van der Waals surface area contributed by atoms with Crippen LogP contribution in [0.3, 0.4) is 0 Å². The number of nitrogens with zero attached hydrogens (tertiary/aromatic N) is 3. The predicted molar refractivity (Wildman–Crippen MR) is 85.9 cm³/mol. The molecule has 2 aliphatic heterocycles. The van der Waals surface area contributed by atoms with Crippen LogP contribution < -0.4 is 10.2 Å². The van der Waals surface area contributed by atoms with Crippen LogP contribution in [0.5, 0.6) is 0 Å². The minimum atomic E-state index is 0.437. The second-order valence-electron chi connectivity index (χ2n) is 6.06. The zero-order valence-electron chi connectivity index (χ0n) is 12.8. The molecule has 4 heteroatoms. The van der Waals surface area contributed by atoms with Crippen LogP contribution in [0.1, 0.15) is 36.2 Å². The Morgan fingerprint density at radius 1 is 1.33 bits per heavy atom. The van der Waals surface area contributed by atoms with Crippen molar-refractivity contribution in [3.63, 3.8) is 0 Å². The Hall–Kier alpha value is -1.97. The zero-order chi connectivity index (χ0) is 14.4. The lowest BCUT2D eigenvalue weighted by molar-refractivity contribution is 0.567. The van der Waals surface area contributed by atoms with E-state index in [-0.39, 0.29) is 0 Å². The highest BCUT2D eigenvalue weighted by Gasteiger charge is 2.35. The van der Waals surface area contributed by atoms with Crippen LogP contribution in [0.25, 0.3) is 0 Å². The average molecular weight is 282 g/mol. The average Bonchev–Trinajstić information content (AvgIpc) is 2.84. The minimum absolute atomic E-state index is 0.437. The van der Waals surface area contributed by atoms with Gasteiger partial charge in [0.15, 0.2) is 5.82 Å². The second kappa shape index (κ2) is 4.79. The Labute approximate surface area is 125 Å². The van der Waals surface area contributed by atoms with Crippen molar-refractivity contribution in [2.45, 2.75) is 32.2 Å². The highest BCUT2D eigenvalue weighted by atomic mass is 15.4. The number of fused-ring (bicyclic) bond motifs is 5. The standard InChI is InChI=1S/C17H22N4/c1-3-6-14-16-17(20(2)19-14)21-10-9-12-7-4-5-8-13(12)15(21)11-18-16/h4-5,7-8,15,18H,3,6,9-11H2,1-2H3. The molecule has 1 aromatic heterocycles. The van der Waals surface area contributed by atoms with Crippen molar-refractivity contribution < 1.29 is 0 Å². The lowest BCUT2D eigenvalue weighted by Gasteiger charge is -2.42. The van der Waals surface area contributed by atoms with Gasteiger partial charge in [0.25, 0.3) is 0 Å². The molecule has 2 aliphatic rings. The molecule has 3 heterocycles. The molecule has 2 aromatic rings. The predicted octanol–water partition coefficient (Wildman–Crippen LogP) is 2.90. The Bertz CT molecular complexity index is 673. The molecule has 1 unspecified atom stereocenters. The topological polar surface area (TPSA) is 33.1 Å². The van der Waals surface area contributed by atoms with Gasteiger partial charge in [-0.2, -0.15) is 5.10 Å². The van der Waals surface area contributed by atoms with Crippen LogP contribution >= 0.6 is 0 Å². The van der Waals surface area contributed by atoms with E-state index in [4.69, 9.17) is 5.10 Å². The molecule has 4 rings (SSSR count). The van der Waals surface area contributed by atoms with E-state index < -0.39 is 0 Å². The molecule has 1 N–H and O–H groups in total. The highest BCUT2D eigenvalue weighted by molar-refractivity contribution is 5.73. The van der Waals surface area contributed by atoms with E-state index in [1.54, 1.807) is 0 Å². The summed E-state index contributed by atoms with van der Waals surface area (Å²) in [6.45, 7) is 4.28. The van der Waals surface area contributed by atoms with Crippen molar-refractivity contribution >= 4 is 11.5 Å². The first kappa shape index (κ1) is 12.7. The van der Waals surface area contributed by atoms with Crippen LogP contribution in [-0.2, 0) is 19.9 Å². The van der Waals surface area contributed by atoms with Crippen LogP contribution in [0.4, 0.5) is 11.5 Å². The normalized spacial score (nSPS) is 19.5. The first-order valence-electron chi connectivity index (χ1n) is 7.93. The van der Waals surface area contributed by atoms with E-state index in [1.807, 2.05) is 0 Å². The second-order valence-corrected chi connectivity index (χ2v) is 6.06. The summed E-state index contributed by atoms with van der Waals surface area (Å²) < 4.78 is 2.06.